The van der Waals surface area contributed by atoms with E-state index in [1.54, 1.807) is 6.26 Å². The molecule has 1 unspecified atom stereocenters. The summed E-state index contributed by atoms with van der Waals surface area (Å²) in [5, 5.41) is 4.32. The second-order valence-corrected chi connectivity index (χ2v) is 7.76. The summed E-state index contributed by atoms with van der Waals surface area (Å²) in [5.41, 5.74) is 4.74. The number of aromatic nitrogens is 2. The fourth-order valence-corrected chi connectivity index (χ4v) is 3.70. The fraction of sp³-hybridized carbons (Fsp3) is 0.0909. The average molecular weight is 373 g/mol. The van der Waals surface area contributed by atoms with Crippen LogP contribution in [-0.4, -0.2) is 20.4 Å². The molecule has 4 aromatic rings. The molecule has 1 aromatic heterocycles. The van der Waals surface area contributed by atoms with E-state index in [-0.39, 0.29) is 0 Å². The molecule has 0 amide bonds. The molecule has 0 fully saturated rings. The maximum atomic E-state index is 11.5. The van der Waals surface area contributed by atoms with Crippen LogP contribution >= 0.6 is 0 Å². The van der Waals surface area contributed by atoms with Crippen LogP contribution in [0.4, 0.5) is 11.6 Å². The summed E-state index contributed by atoms with van der Waals surface area (Å²) in [6, 6.07) is 26.0. The van der Waals surface area contributed by atoms with Gasteiger partial charge in [0.1, 0.15) is 0 Å². The average Bonchev–Trinajstić information content (AvgIpc) is 2.68. The van der Waals surface area contributed by atoms with E-state index in [0.29, 0.717) is 11.7 Å². The topological polar surface area (TPSA) is 54.9 Å². The Balaban J connectivity index is 1.76. The number of fused-ring (bicyclic) bond motifs is 1. The first kappa shape index (κ1) is 17.4. The minimum atomic E-state index is -0.877. The Kier molecular flexibility index (Phi) is 4.94. The summed E-state index contributed by atoms with van der Waals surface area (Å²) in [5.74, 6) is 1.07. The van der Waals surface area contributed by atoms with Crippen LogP contribution in [-0.2, 0) is 16.6 Å². The Morgan fingerprint density at radius 3 is 2.48 bits per heavy atom. The SMILES string of the molecule is CS(=O)Cc1cccc(Nc2nc(-c3ccccc3)c3ccccc3n2)c1. The minimum absolute atomic E-state index is 0.531. The third-order valence-electron chi connectivity index (χ3n) is 4.20. The summed E-state index contributed by atoms with van der Waals surface area (Å²) in [6.07, 6.45) is 1.71. The molecule has 0 saturated heterocycles. The molecule has 0 saturated carbocycles. The van der Waals surface area contributed by atoms with E-state index in [1.165, 1.54) is 0 Å². The molecule has 5 heteroatoms. The van der Waals surface area contributed by atoms with Gasteiger partial charge in [-0.15, -0.1) is 0 Å². The van der Waals surface area contributed by atoms with E-state index < -0.39 is 10.8 Å². The number of hydrogen-bond donors (Lipinski definition) is 1. The van der Waals surface area contributed by atoms with Crippen molar-refractivity contribution >= 4 is 33.3 Å². The van der Waals surface area contributed by atoms with Crippen molar-refractivity contribution in [3.63, 3.8) is 0 Å². The zero-order chi connectivity index (χ0) is 18.6. The van der Waals surface area contributed by atoms with Gasteiger partial charge in [-0.3, -0.25) is 4.21 Å². The second-order valence-electron chi connectivity index (χ2n) is 6.32. The van der Waals surface area contributed by atoms with Crippen LogP contribution < -0.4 is 5.32 Å². The number of rotatable bonds is 5. The van der Waals surface area contributed by atoms with Gasteiger partial charge in [-0.05, 0) is 23.8 Å². The van der Waals surface area contributed by atoms with Gasteiger partial charge in [-0.2, -0.15) is 0 Å². The molecular formula is C22H19N3OS. The van der Waals surface area contributed by atoms with Gasteiger partial charge < -0.3 is 5.32 Å². The minimum Gasteiger partial charge on any atom is -0.324 e. The van der Waals surface area contributed by atoms with Crippen LogP contribution in [0, 0.1) is 0 Å². The van der Waals surface area contributed by atoms with E-state index in [9.17, 15) is 4.21 Å². The summed E-state index contributed by atoms with van der Waals surface area (Å²) in [7, 11) is -0.877. The lowest BCUT2D eigenvalue weighted by Gasteiger charge is -2.11. The van der Waals surface area contributed by atoms with Crippen LogP contribution in [0.3, 0.4) is 0 Å². The molecule has 0 aliphatic carbocycles. The van der Waals surface area contributed by atoms with Crippen molar-refractivity contribution in [2.24, 2.45) is 0 Å². The van der Waals surface area contributed by atoms with Crippen molar-refractivity contribution in [1.29, 1.82) is 0 Å². The van der Waals surface area contributed by atoms with E-state index >= 15 is 0 Å². The van der Waals surface area contributed by atoms with Crippen LogP contribution in [0.5, 0.6) is 0 Å². The van der Waals surface area contributed by atoms with Crippen molar-refractivity contribution in [3.8, 4) is 11.3 Å². The predicted octanol–water partition coefficient (Wildman–Crippen LogP) is 4.92. The van der Waals surface area contributed by atoms with Gasteiger partial charge >= 0.3 is 0 Å². The lowest BCUT2D eigenvalue weighted by Crippen LogP contribution is -2.01. The molecule has 0 aliphatic heterocycles. The second kappa shape index (κ2) is 7.68. The first-order chi connectivity index (χ1) is 13.2. The Labute approximate surface area is 160 Å². The Bertz CT molecular complexity index is 1110. The molecule has 27 heavy (non-hydrogen) atoms. The molecule has 1 N–H and O–H groups in total. The fourth-order valence-electron chi connectivity index (χ4n) is 3.05. The third kappa shape index (κ3) is 4.04. The Morgan fingerprint density at radius 2 is 1.67 bits per heavy atom. The first-order valence-corrected chi connectivity index (χ1v) is 10.4. The van der Waals surface area contributed by atoms with Gasteiger partial charge in [0.25, 0.3) is 0 Å². The number of nitrogens with zero attached hydrogens (tertiary/aromatic N) is 2. The Morgan fingerprint density at radius 1 is 0.889 bits per heavy atom. The normalized spacial score (nSPS) is 12.0. The number of anilines is 2. The van der Waals surface area contributed by atoms with E-state index in [4.69, 9.17) is 4.98 Å². The summed E-state index contributed by atoms with van der Waals surface area (Å²) >= 11 is 0. The van der Waals surface area contributed by atoms with E-state index in [1.807, 2.05) is 66.7 Å². The molecule has 3 aromatic carbocycles. The molecule has 4 rings (SSSR count). The molecule has 1 atom stereocenters. The predicted molar refractivity (Wildman–Crippen MR) is 112 cm³/mol. The maximum absolute atomic E-state index is 11.5. The highest BCUT2D eigenvalue weighted by atomic mass is 32.2. The van der Waals surface area contributed by atoms with Gasteiger partial charge in [-0.25, -0.2) is 9.97 Å². The number of nitrogens with one attached hydrogen (secondary N) is 1. The lowest BCUT2D eigenvalue weighted by atomic mass is 10.1. The van der Waals surface area contributed by atoms with Gasteiger partial charge in [0.2, 0.25) is 5.95 Å². The van der Waals surface area contributed by atoms with Crippen molar-refractivity contribution in [2.45, 2.75) is 5.75 Å². The summed E-state index contributed by atoms with van der Waals surface area (Å²) in [6.45, 7) is 0. The summed E-state index contributed by atoms with van der Waals surface area (Å²) in [4.78, 5) is 9.44. The van der Waals surface area contributed by atoms with Crippen LogP contribution in [0.2, 0.25) is 0 Å². The third-order valence-corrected chi connectivity index (χ3v) is 4.94. The first-order valence-electron chi connectivity index (χ1n) is 8.67. The van der Waals surface area contributed by atoms with Crippen LogP contribution in [0.15, 0.2) is 78.9 Å². The smallest absolute Gasteiger partial charge is 0.228 e. The van der Waals surface area contributed by atoms with E-state index in [0.717, 1.165) is 33.4 Å². The van der Waals surface area contributed by atoms with Gasteiger partial charge in [0, 0.05) is 39.4 Å². The summed E-state index contributed by atoms with van der Waals surface area (Å²) < 4.78 is 11.5. The quantitative estimate of drug-likeness (QED) is 0.539. The molecule has 0 bridgehead atoms. The standard InChI is InChI=1S/C22H19N3OS/c1-27(26)15-16-8-7-11-18(14-16)23-22-24-20-13-6-5-12-19(20)21(25-22)17-9-3-2-4-10-17/h2-14H,15H2,1H3,(H,23,24,25). The monoisotopic (exact) mass is 373 g/mol. The molecule has 0 aliphatic rings. The zero-order valence-corrected chi connectivity index (χ0v) is 15.7. The van der Waals surface area contributed by atoms with Crippen LogP contribution in [0.1, 0.15) is 5.56 Å². The number of para-hydroxylation sites is 1. The van der Waals surface area contributed by atoms with Crippen LogP contribution in [0.25, 0.3) is 22.2 Å². The van der Waals surface area contributed by atoms with Gasteiger partial charge in [0.15, 0.2) is 0 Å². The number of hydrogen-bond acceptors (Lipinski definition) is 4. The van der Waals surface area contributed by atoms with Crippen molar-refractivity contribution < 1.29 is 4.21 Å². The Hall–Kier alpha value is -3.05. The molecule has 0 radical (unpaired) electrons. The maximum Gasteiger partial charge on any atom is 0.228 e. The highest BCUT2D eigenvalue weighted by molar-refractivity contribution is 7.83. The highest BCUT2D eigenvalue weighted by Crippen LogP contribution is 2.28. The number of benzene rings is 3. The van der Waals surface area contributed by atoms with Gasteiger partial charge in [-0.1, -0.05) is 60.7 Å². The molecular weight excluding hydrogens is 354 g/mol. The molecule has 4 nitrogen and oxygen atoms in total. The largest absolute Gasteiger partial charge is 0.324 e. The molecule has 0 spiro atoms. The van der Waals surface area contributed by atoms with Crippen molar-refractivity contribution in [2.75, 3.05) is 11.6 Å². The van der Waals surface area contributed by atoms with Crippen molar-refractivity contribution in [1.82, 2.24) is 9.97 Å². The molecule has 1 heterocycles. The van der Waals surface area contributed by atoms with Gasteiger partial charge in [0.05, 0.1) is 11.2 Å². The highest BCUT2D eigenvalue weighted by Gasteiger charge is 2.10. The molecule has 134 valence electrons. The van der Waals surface area contributed by atoms with E-state index in [2.05, 4.69) is 22.4 Å². The van der Waals surface area contributed by atoms with Crippen molar-refractivity contribution in [3.05, 3.63) is 84.4 Å². The zero-order valence-electron chi connectivity index (χ0n) is 14.9. The lowest BCUT2D eigenvalue weighted by molar-refractivity contribution is 0.686.